The first-order valence-corrected chi connectivity index (χ1v) is 10.5. The Bertz CT molecular complexity index is 1220. The van der Waals surface area contributed by atoms with Gasteiger partial charge in [-0.2, -0.15) is 10.2 Å². The maximum atomic E-state index is 5.21. The number of aromatic nitrogens is 6. The van der Waals surface area contributed by atoms with E-state index in [4.69, 9.17) is 9.72 Å². The van der Waals surface area contributed by atoms with Crippen LogP contribution in [0.4, 0.5) is 17.5 Å². The van der Waals surface area contributed by atoms with Gasteiger partial charge >= 0.3 is 0 Å². The minimum atomic E-state index is 0.373. The van der Waals surface area contributed by atoms with Crippen molar-refractivity contribution in [2.24, 2.45) is 7.05 Å². The molecule has 4 heterocycles. The normalized spacial score (nSPS) is 11.3. The fraction of sp³-hybridized carbons (Fsp3) is 0.348. The number of hydrogen-bond donors (Lipinski definition) is 1. The summed E-state index contributed by atoms with van der Waals surface area (Å²) in [7, 11) is 5.62. The molecule has 0 saturated carbocycles. The molecule has 0 aliphatic rings. The predicted octanol–water partition coefficient (Wildman–Crippen LogP) is 3.77. The molecule has 0 unspecified atom stereocenters. The highest BCUT2D eigenvalue weighted by Gasteiger charge is 2.15. The first kappa shape index (κ1) is 21.6. The topological polar surface area (TPSA) is 93.9 Å². The number of likely N-dealkylation sites (N-methyl/N-ethyl adjacent to an activating group) is 1. The van der Waals surface area contributed by atoms with Crippen LogP contribution >= 0.6 is 0 Å². The van der Waals surface area contributed by atoms with Crippen molar-refractivity contribution in [1.29, 1.82) is 0 Å². The monoisotopic (exact) mass is 432 g/mol. The highest BCUT2D eigenvalue weighted by molar-refractivity contribution is 5.84. The lowest BCUT2D eigenvalue weighted by atomic mass is 10.1. The summed E-state index contributed by atoms with van der Waals surface area (Å²) in [5, 5.41) is 16.2. The van der Waals surface area contributed by atoms with Gasteiger partial charge in [-0.15, -0.1) is 5.10 Å². The molecule has 0 bridgehead atoms. The quantitative estimate of drug-likeness (QED) is 0.450. The summed E-state index contributed by atoms with van der Waals surface area (Å²) in [4.78, 5) is 11.5. The largest absolute Gasteiger partial charge is 0.383 e. The number of nitrogens with zero attached hydrogens (tertiary/aromatic N) is 7. The molecule has 0 amide bonds. The van der Waals surface area contributed by atoms with E-state index >= 15 is 0 Å². The second-order valence-electron chi connectivity index (χ2n) is 8.07. The average molecular weight is 433 g/mol. The molecule has 4 aromatic heterocycles. The molecule has 1 N–H and O–H groups in total. The summed E-state index contributed by atoms with van der Waals surface area (Å²) in [5.41, 5.74) is 4.68. The Kier molecular flexibility index (Phi) is 6.27. The molecule has 0 aliphatic heterocycles. The highest BCUT2D eigenvalue weighted by atomic mass is 16.5. The second-order valence-corrected chi connectivity index (χ2v) is 8.07. The molecule has 0 atom stereocenters. The molecule has 0 spiro atoms. The van der Waals surface area contributed by atoms with Crippen molar-refractivity contribution in [2.45, 2.75) is 19.8 Å². The summed E-state index contributed by atoms with van der Waals surface area (Å²) in [6.45, 7) is 5.62. The van der Waals surface area contributed by atoms with Crippen molar-refractivity contribution in [3.05, 3.63) is 48.4 Å². The van der Waals surface area contributed by atoms with Crippen molar-refractivity contribution < 1.29 is 4.74 Å². The van der Waals surface area contributed by atoms with Gasteiger partial charge in [0.25, 0.3) is 0 Å². The Morgan fingerprint density at radius 3 is 2.75 bits per heavy atom. The molecule has 0 fully saturated rings. The van der Waals surface area contributed by atoms with E-state index in [1.54, 1.807) is 13.3 Å². The first-order valence-electron chi connectivity index (χ1n) is 10.5. The predicted molar refractivity (Wildman–Crippen MR) is 126 cm³/mol. The fourth-order valence-electron chi connectivity index (χ4n) is 3.41. The molecule has 9 heteroatoms. The van der Waals surface area contributed by atoms with E-state index in [0.29, 0.717) is 24.2 Å². The third kappa shape index (κ3) is 4.67. The van der Waals surface area contributed by atoms with Crippen molar-refractivity contribution in [3.8, 4) is 11.1 Å². The fourth-order valence-corrected chi connectivity index (χ4v) is 3.41. The third-order valence-electron chi connectivity index (χ3n) is 5.25. The molecule has 9 nitrogen and oxygen atoms in total. The first-order chi connectivity index (χ1) is 15.4. The van der Waals surface area contributed by atoms with Crippen molar-refractivity contribution in [3.63, 3.8) is 0 Å². The summed E-state index contributed by atoms with van der Waals surface area (Å²) >= 11 is 0. The van der Waals surface area contributed by atoms with E-state index in [1.165, 1.54) is 0 Å². The van der Waals surface area contributed by atoms with E-state index < -0.39 is 0 Å². The van der Waals surface area contributed by atoms with Crippen LogP contribution in [0.5, 0.6) is 0 Å². The number of anilines is 3. The molecule has 4 aromatic rings. The number of fused-ring (bicyclic) bond motifs is 1. The number of aryl methyl sites for hydroxylation is 1. The lowest BCUT2D eigenvalue weighted by Crippen LogP contribution is -2.23. The van der Waals surface area contributed by atoms with Crippen LogP contribution < -0.4 is 10.2 Å². The molecule has 0 aromatic carbocycles. The van der Waals surface area contributed by atoms with Gasteiger partial charge in [0.05, 0.1) is 23.8 Å². The molecule has 0 radical (unpaired) electrons. The van der Waals surface area contributed by atoms with Crippen LogP contribution in [0.3, 0.4) is 0 Å². The molecule has 166 valence electrons. The molecule has 0 saturated heterocycles. The van der Waals surface area contributed by atoms with E-state index in [2.05, 4.69) is 44.3 Å². The number of ether oxygens (including phenoxy) is 1. The highest BCUT2D eigenvalue weighted by Crippen LogP contribution is 2.30. The third-order valence-corrected chi connectivity index (χ3v) is 5.25. The van der Waals surface area contributed by atoms with Crippen LogP contribution in [0.25, 0.3) is 22.2 Å². The van der Waals surface area contributed by atoms with Crippen molar-refractivity contribution >= 4 is 28.5 Å². The van der Waals surface area contributed by atoms with Gasteiger partial charge < -0.3 is 15.0 Å². The van der Waals surface area contributed by atoms with Gasteiger partial charge in [0.2, 0.25) is 0 Å². The van der Waals surface area contributed by atoms with Gasteiger partial charge in [0.1, 0.15) is 5.82 Å². The SMILES string of the molecule is COCCN(C)c1nn(C)cc1-c1cnc2ccc(Nc3cc(C(C)C)cnn3)nc2c1. The van der Waals surface area contributed by atoms with Gasteiger partial charge in [-0.1, -0.05) is 13.8 Å². The van der Waals surface area contributed by atoms with Crippen LogP contribution in [0.15, 0.2) is 42.9 Å². The zero-order chi connectivity index (χ0) is 22.7. The van der Waals surface area contributed by atoms with E-state index in [1.807, 2.05) is 55.4 Å². The van der Waals surface area contributed by atoms with Gasteiger partial charge in [-0.25, -0.2) is 4.98 Å². The maximum Gasteiger partial charge on any atom is 0.158 e. The van der Waals surface area contributed by atoms with Crippen LogP contribution in [0.2, 0.25) is 0 Å². The van der Waals surface area contributed by atoms with Crippen LogP contribution in [0.1, 0.15) is 25.3 Å². The Morgan fingerprint density at radius 2 is 1.97 bits per heavy atom. The Morgan fingerprint density at radius 1 is 1.12 bits per heavy atom. The molecule has 0 aliphatic carbocycles. The number of rotatable bonds is 8. The van der Waals surface area contributed by atoms with Gasteiger partial charge in [0, 0.05) is 51.3 Å². The molecule has 32 heavy (non-hydrogen) atoms. The lowest BCUT2D eigenvalue weighted by Gasteiger charge is -2.17. The van der Waals surface area contributed by atoms with Crippen LogP contribution in [-0.2, 0) is 11.8 Å². The number of pyridine rings is 2. The summed E-state index contributed by atoms with van der Waals surface area (Å²) < 4.78 is 7.02. The van der Waals surface area contributed by atoms with Gasteiger partial charge in [-0.05, 0) is 35.7 Å². The average Bonchev–Trinajstić information content (AvgIpc) is 3.19. The Hall–Kier alpha value is -3.59. The minimum absolute atomic E-state index is 0.373. The van der Waals surface area contributed by atoms with E-state index in [-0.39, 0.29) is 0 Å². The smallest absolute Gasteiger partial charge is 0.158 e. The lowest BCUT2D eigenvalue weighted by molar-refractivity contribution is 0.206. The van der Waals surface area contributed by atoms with Crippen molar-refractivity contribution in [2.75, 3.05) is 37.5 Å². The molecule has 4 rings (SSSR count). The van der Waals surface area contributed by atoms with E-state index in [9.17, 15) is 0 Å². The standard InChI is InChI=1S/C23H28N8O/c1-15(2)16-11-22(28-25-13-16)27-21-7-6-19-20(26-21)10-17(12-24-19)18-14-31(4)29-23(18)30(3)8-9-32-5/h6-7,10-15H,8-9H2,1-5H3,(H,26,27,28). The second kappa shape index (κ2) is 9.27. The Labute approximate surface area is 187 Å². The molecular formula is C23H28N8O. The van der Waals surface area contributed by atoms with Gasteiger partial charge in [0.15, 0.2) is 11.6 Å². The number of nitrogens with one attached hydrogen (secondary N) is 1. The summed E-state index contributed by atoms with van der Waals surface area (Å²) in [6.07, 6.45) is 5.64. The zero-order valence-electron chi connectivity index (χ0n) is 19.1. The summed E-state index contributed by atoms with van der Waals surface area (Å²) in [6, 6.07) is 7.88. The minimum Gasteiger partial charge on any atom is -0.383 e. The Balaban J connectivity index is 1.66. The van der Waals surface area contributed by atoms with Crippen LogP contribution in [0, 0.1) is 0 Å². The van der Waals surface area contributed by atoms with Crippen molar-refractivity contribution in [1.82, 2.24) is 29.9 Å². The maximum absolute atomic E-state index is 5.21. The summed E-state index contributed by atoms with van der Waals surface area (Å²) in [5.74, 6) is 2.61. The van der Waals surface area contributed by atoms with E-state index in [0.717, 1.165) is 40.1 Å². The van der Waals surface area contributed by atoms with Crippen LogP contribution in [-0.4, -0.2) is 57.3 Å². The van der Waals surface area contributed by atoms with Gasteiger partial charge in [-0.3, -0.25) is 9.67 Å². The number of methoxy groups -OCH3 is 1. The molecular weight excluding hydrogens is 404 g/mol. The number of hydrogen-bond acceptors (Lipinski definition) is 8. The zero-order valence-corrected chi connectivity index (χ0v) is 19.1.